The van der Waals surface area contributed by atoms with Crippen molar-refractivity contribution in [3.05, 3.63) is 29.8 Å². The van der Waals surface area contributed by atoms with E-state index in [1.807, 2.05) is 0 Å². The highest BCUT2D eigenvalue weighted by molar-refractivity contribution is 5.36. The molecule has 1 fully saturated rings. The molecule has 0 amide bonds. The van der Waals surface area contributed by atoms with Gasteiger partial charge >= 0.3 is 0 Å². The van der Waals surface area contributed by atoms with Crippen LogP contribution in [0, 0.1) is 0 Å². The first kappa shape index (κ1) is 12.4. The Morgan fingerprint density at radius 2 is 1.88 bits per heavy atom. The van der Waals surface area contributed by atoms with Gasteiger partial charge in [0.2, 0.25) is 0 Å². The number of hydrogen-bond donors (Lipinski definition) is 1. The Morgan fingerprint density at radius 1 is 1.12 bits per heavy atom. The van der Waals surface area contributed by atoms with Crippen molar-refractivity contribution in [2.24, 2.45) is 5.73 Å². The second-order valence-corrected chi connectivity index (χ2v) is 4.86. The van der Waals surface area contributed by atoms with Gasteiger partial charge in [0.05, 0.1) is 6.61 Å². The van der Waals surface area contributed by atoms with E-state index in [4.69, 9.17) is 10.5 Å². The van der Waals surface area contributed by atoms with Gasteiger partial charge in [-0.25, -0.2) is 0 Å². The summed E-state index contributed by atoms with van der Waals surface area (Å²) in [5.41, 5.74) is 6.90. The molecule has 17 heavy (non-hydrogen) atoms. The van der Waals surface area contributed by atoms with E-state index in [1.165, 1.54) is 37.7 Å². The fourth-order valence-corrected chi connectivity index (χ4v) is 2.63. The summed E-state index contributed by atoms with van der Waals surface area (Å²) in [6.45, 7) is 1.44. The van der Waals surface area contributed by atoms with Crippen LogP contribution in [0.4, 0.5) is 0 Å². The van der Waals surface area contributed by atoms with Crippen molar-refractivity contribution in [3.63, 3.8) is 0 Å². The van der Waals surface area contributed by atoms with Crippen LogP contribution in [0.15, 0.2) is 24.3 Å². The number of benzene rings is 1. The van der Waals surface area contributed by atoms with E-state index in [0.717, 1.165) is 18.8 Å². The van der Waals surface area contributed by atoms with Crippen molar-refractivity contribution in [1.82, 2.24) is 0 Å². The Hall–Kier alpha value is -1.02. The monoisotopic (exact) mass is 233 g/mol. The van der Waals surface area contributed by atoms with Crippen molar-refractivity contribution in [1.29, 1.82) is 0 Å². The van der Waals surface area contributed by atoms with Crippen molar-refractivity contribution in [2.75, 3.05) is 13.2 Å². The van der Waals surface area contributed by atoms with Crippen molar-refractivity contribution in [2.45, 2.75) is 44.4 Å². The fraction of sp³-hybridized carbons (Fsp3) is 0.600. The molecule has 1 saturated carbocycles. The van der Waals surface area contributed by atoms with Crippen LogP contribution in [0.25, 0.3) is 0 Å². The van der Waals surface area contributed by atoms with E-state index in [9.17, 15) is 0 Å². The molecule has 0 aliphatic heterocycles. The van der Waals surface area contributed by atoms with Crippen LogP contribution in [0.1, 0.15) is 50.0 Å². The first-order valence-electron chi connectivity index (χ1n) is 6.83. The molecule has 94 valence electrons. The normalized spacial score (nSPS) is 17.0. The fourth-order valence-electron chi connectivity index (χ4n) is 2.63. The smallest absolute Gasteiger partial charge is 0.122 e. The maximum Gasteiger partial charge on any atom is 0.122 e. The lowest BCUT2D eigenvalue weighted by molar-refractivity contribution is 0.304. The lowest BCUT2D eigenvalue weighted by Gasteiger charge is -2.24. The highest BCUT2D eigenvalue weighted by atomic mass is 16.5. The highest BCUT2D eigenvalue weighted by Crippen LogP contribution is 2.37. The molecular formula is C15H23NO. The van der Waals surface area contributed by atoms with E-state index in [-0.39, 0.29) is 0 Å². The summed E-state index contributed by atoms with van der Waals surface area (Å²) in [4.78, 5) is 0. The number of ether oxygens (including phenoxy) is 1. The Balaban J connectivity index is 2.03. The molecule has 1 aliphatic rings. The Bertz CT molecular complexity index is 331. The zero-order chi connectivity index (χ0) is 11.9. The van der Waals surface area contributed by atoms with Crippen LogP contribution in [0.3, 0.4) is 0 Å². The van der Waals surface area contributed by atoms with E-state index in [0.29, 0.717) is 12.5 Å². The van der Waals surface area contributed by atoms with Crippen LogP contribution >= 0.6 is 0 Å². The van der Waals surface area contributed by atoms with Gasteiger partial charge in [0.1, 0.15) is 5.75 Å². The first-order valence-corrected chi connectivity index (χ1v) is 6.83. The van der Waals surface area contributed by atoms with E-state index >= 15 is 0 Å². The van der Waals surface area contributed by atoms with Gasteiger partial charge in [-0.15, -0.1) is 0 Å². The molecule has 0 saturated heterocycles. The van der Waals surface area contributed by atoms with Gasteiger partial charge in [0, 0.05) is 0 Å². The number of para-hydroxylation sites is 1. The maximum atomic E-state index is 5.85. The van der Waals surface area contributed by atoms with Crippen molar-refractivity contribution in [3.8, 4) is 5.75 Å². The predicted octanol–water partition coefficient (Wildman–Crippen LogP) is 3.46. The lowest BCUT2D eigenvalue weighted by atomic mass is 9.84. The van der Waals surface area contributed by atoms with Gasteiger partial charge in [-0.3, -0.25) is 0 Å². The molecule has 2 rings (SSSR count). The molecule has 2 N–H and O–H groups in total. The summed E-state index contributed by atoms with van der Waals surface area (Å²) in [6, 6.07) is 8.51. The second-order valence-electron chi connectivity index (χ2n) is 4.86. The third-order valence-electron chi connectivity index (χ3n) is 3.57. The molecule has 0 bridgehead atoms. The topological polar surface area (TPSA) is 35.2 Å². The summed E-state index contributed by atoms with van der Waals surface area (Å²) in [7, 11) is 0. The number of nitrogens with two attached hydrogens (primary N) is 1. The molecule has 0 heterocycles. The van der Waals surface area contributed by atoms with Gasteiger partial charge in [-0.05, 0) is 43.4 Å². The Kier molecular flexibility index (Phi) is 4.87. The average Bonchev–Trinajstić information content (AvgIpc) is 2.41. The predicted molar refractivity (Wildman–Crippen MR) is 71.4 cm³/mol. The van der Waals surface area contributed by atoms with Crippen LogP contribution in [0.2, 0.25) is 0 Å². The zero-order valence-corrected chi connectivity index (χ0v) is 10.5. The molecule has 2 heteroatoms. The van der Waals surface area contributed by atoms with Crippen LogP contribution in [0.5, 0.6) is 5.75 Å². The second kappa shape index (κ2) is 6.65. The van der Waals surface area contributed by atoms with E-state index in [1.54, 1.807) is 0 Å². The molecule has 1 aromatic rings. The summed E-state index contributed by atoms with van der Waals surface area (Å²) in [6.07, 6.45) is 7.68. The Morgan fingerprint density at radius 3 is 2.65 bits per heavy atom. The Labute approximate surface area is 104 Å². The molecule has 0 aromatic heterocycles. The third-order valence-corrected chi connectivity index (χ3v) is 3.57. The molecule has 0 atom stereocenters. The molecule has 0 spiro atoms. The van der Waals surface area contributed by atoms with E-state index < -0.39 is 0 Å². The SMILES string of the molecule is NCCCOc1ccccc1C1CCCCC1. The minimum absolute atomic E-state index is 0.700. The van der Waals surface area contributed by atoms with Gasteiger partial charge in [-0.1, -0.05) is 37.5 Å². The van der Waals surface area contributed by atoms with Crippen molar-refractivity contribution < 1.29 is 4.74 Å². The summed E-state index contributed by atoms with van der Waals surface area (Å²) >= 11 is 0. The molecule has 0 radical (unpaired) electrons. The molecular weight excluding hydrogens is 210 g/mol. The van der Waals surface area contributed by atoms with Crippen molar-refractivity contribution >= 4 is 0 Å². The van der Waals surface area contributed by atoms with Crippen LogP contribution < -0.4 is 10.5 Å². The third kappa shape index (κ3) is 3.47. The molecule has 1 aliphatic carbocycles. The van der Waals surface area contributed by atoms with Crippen LogP contribution in [-0.4, -0.2) is 13.2 Å². The van der Waals surface area contributed by atoms with Gasteiger partial charge in [-0.2, -0.15) is 0 Å². The first-order chi connectivity index (χ1) is 8.42. The molecule has 2 nitrogen and oxygen atoms in total. The van der Waals surface area contributed by atoms with Gasteiger partial charge in [0.15, 0.2) is 0 Å². The number of rotatable bonds is 5. The lowest BCUT2D eigenvalue weighted by Crippen LogP contribution is -2.10. The largest absolute Gasteiger partial charge is 0.493 e. The average molecular weight is 233 g/mol. The van der Waals surface area contributed by atoms with Crippen LogP contribution in [-0.2, 0) is 0 Å². The summed E-state index contributed by atoms with van der Waals surface area (Å²) < 4.78 is 5.85. The van der Waals surface area contributed by atoms with Gasteiger partial charge < -0.3 is 10.5 Å². The number of hydrogen-bond acceptors (Lipinski definition) is 2. The highest BCUT2D eigenvalue weighted by Gasteiger charge is 2.18. The zero-order valence-electron chi connectivity index (χ0n) is 10.5. The quantitative estimate of drug-likeness (QED) is 0.790. The standard InChI is InChI=1S/C15H23NO/c16-11-6-12-17-15-10-5-4-9-14(15)13-7-2-1-3-8-13/h4-5,9-10,13H,1-3,6-8,11-12,16H2. The van der Waals surface area contributed by atoms with Gasteiger partial charge in [0.25, 0.3) is 0 Å². The maximum absolute atomic E-state index is 5.85. The minimum atomic E-state index is 0.700. The molecule has 0 unspecified atom stereocenters. The van der Waals surface area contributed by atoms with E-state index in [2.05, 4.69) is 24.3 Å². The summed E-state index contributed by atoms with van der Waals surface area (Å²) in [5.74, 6) is 1.78. The summed E-state index contributed by atoms with van der Waals surface area (Å²) in [5, 5.41) is 0. The minimum Gasteiger partial charge on any atom is -0.493 e. The molecule has 1 aromatic carbocycles.